The highest BCUT2D eigenvalue weighted by molar-refractivity contribution is 7.11. The maximum atomic E-state index is 12.4. The lowest BCUT2D eigenvalue weighted by Gasteiger charge is -2.32. The molecule has 1 aliphatic carbocycles. The monoisotopic (exact) mass is 478 g/mol. The van der Waals surface area contributed by atoms with Crippen LogP contribution in [0, 0.1) is 12.8 Å². The molecule has 2 aliphatic rings. The minimum atomic E-state index is -2.50. The largest absolute Gasteiger partial charge is 0.472 e. The fourth-order valence-electron chi connectivity index (χ4n) is 4.75. The van der Waals surface area contributed by atoms with Gasteiger partial charge in [-0.15, -0.1) is 11.3 Å². The highest BCUT2D eigenvalue weighted by Crippen LogP contribution is 2.28. The Morgan fingerprint density at radius 1 is 1.30 bits per heavy atom. The Hall–Kier alpha value is -2.13. The van der Waals surface area contributed by atoms with E-state index in [9.17, 15) is 13.6 Å². The summed E-state index contributed by atoms with van der Waals surface area (Å²) in [6.07, 6.45) is 6.13. The van der Waals surface area contributed by atoms with Crippen molar-refractivity contribution in [2.45, 2.75) is 70.9 Å². The molecule has 0 aromatic carbocycles. The van der Waals surface area contributed by atoms with Crippen molar-refractivity contribution < 1.29 is 18.3 Å². The van der Waals surface area contributed by atoms with E-state index in [-0.39, 0.29) is 17.8 Å². The lowest BCUT2D eigenvalue weighted by atomic mass is 9.84. The second kappa shape index (κ2) is 11.3. The molecular weight excluding hydrogens is 446 g/mol. The van der Waals surface area contributed by atoms with Gasteiger partial charge in [-0.2, -0.15) is 0 Å². The fraction of sp³-hybridized carbons (Fsp3) is 0.625. The third kappa shape index (κ3) is 7.17. The molecule has 1 fully saturated rings. The molecule has 180 valence electrons. The number of hydrogen-bond donors (Lipinski definition) is 1. The predicted octanol–water partition coefficient (Wildman–Crippen LogP) is 4.16. The number of halogens is 2. The van der Waals surface area contributed by atoms with Gasteiger partial charge in [0, 0.05) is 36.3 Å². The summed E-state index contributed by atoms with van der Waals surface area (Å²) >= 11 is 1.58. The van der Waals surface area contributed by atoms with Crippen LogP contribution in [0.25, 0.3) is 0 Å². The van der Waals surface area contributed by atoms with Crippen LogP contribution in [0.1, 0.15) is 53.2 Å². The van der Waals surface area contributed by atoms with Crippen LogP contribution in [0.15, 0.2) is 18.3 Å². The third-order valence-corrected chi connectivity index (χ3v) is 7.45. The molecule has 4 rings (SSSR count). The molecular formula is C24H32F2N4O2S. The molecule has 0 unspecified atom stereocenters. The number of carbonyl (C=O) groups is 1. The Bertz CT molecular complexity index is 931. The van der Waals surface area contributed by atoms with Gasteiger partial charge in [0.05, 0.1) is 17.1 Å². The number of carbonyl (C=O) groups excluding carboxylic acids is 1. The van der Waals surface area contributed by atoms with Crippen LogP contribution < -0.4 is 10.1 Å². The summed E-state index contributed by atoms with van der Waals surface area (Å²) in [5, 5.41) is 4.19. The number of nitrogens with zero attached hydrogens (tertiary/aromatic N) is 3. The summed E-state index contributed by atoms with van der Waals surface area (Å²) in [5.41, 5.74) is 2.12. The van der Waals surface area contributed by atoms with E-state index in [4.69, 9.17) is 4.74 Å². The number of aromatic nitrogens is 2. The molecule has 1 amide bonds. The van der Waals surface area contributed by atoms with Gasteiger partial charge in [0.1, 0.15) is 0 Å². The maximum absolute atomic E-state index is 12.4. The number of ether oxygens (including phenoxy) is 1. The first-order chi connectivity index (χ1) is 15.9. The van der Waals surface area contributed by atoms with E-state index >= 15 is 0 Å². The third-order valence-electron chi connectivity index (χ3n) is 6.54. The second-order valence-corrected chi connectivity index (χ2v) is 10.4. The highest BCUT2D eigenvalue weighted by Gasteiger charge is 2.24. The average molecular weight is 479 g/mol. The van der Waals surface area contributed by atoms with E-state index in [2.05, 4.69) is 20.2 Å². The van der Waals surface area contributed by atoms with Crippen molar-refractivity contribution >= 4 is 17.2 Å². The molecule has 3 heterocycles. The lowest BCUT2D eigenvalue weighted by molar-refractivity contribution is -0.121. The van der Waals surface area contributed by atoms with Crippen LogP contribution in [-0.4, -0.2) is 52.9 Å². The second-order valence-electron chi connectivity index (χ2n) is 9.08. The number of alkyl halides is 2. The molecule has 2 aromatic rings. The first-order valence-corrected chi connectivity index (χ1v) is 12.6. The van der Waals surface area contributed by atoms with Gasteiger partial charge in [-0.1, -0.05) is 6.07 Å². The number of thiazole rings is 1. The standard InChI is InChI=1S/C24H32F2N4O2S/c1-16-27-13-20(33-16)12-23(31)28-19-5-2-17(3-6-19)8-10-30-11-9-18-4-7-24(29-21(18)14-30)32-15-22(25)26/h4,7,13,17,19,22H,2-3,5-6,8-12,14-15H2,1H3,(H,28,31). The molecule has 33 heavy (non-hydrogen) atoms. The number of pyridine rings is 1. The zero-order chi connectivity index (χ0) is 23.2. The van der Waals surface area contributed by atoms with Crippen molar-refractivity contribution in [1.82, 2.24) is 20.2 Å². The number of amides is 1. The van der Waals surface area contributed by atoms with Crippen LogP contribution in [0.4, 0.5) is 8.78 Å². The summed E-state index contributed by atoms with van der Waals surface area (Å²) in [6, 6.07) is 3.92. The first-order valence-electron chi connectivity index (χ1n) is 11.8. The Labute approximate surface area is 197 Å². The quantitative estimate of drug-likeness (QED) is 0.586. The molecule has 0 spiro atoms. The number of fused-ring (bicyclic) bond motifs is 1. The van der Waals surface area contributed by atoms with Crippen LogP contribution in [0.5, 0.6) is 5.88 Å². The number of rotatable bonds is 9. The summed E-state index contributed by atoms with van der Waals surface area (Å²) in [4.78, 5) is 24.4. The smallest absolute Gasteiger partial charge is 0.272 e. The van der Waals surface area contributed by atoms with E-state index in [0.29, 0.717) is 12.3 Å². The van der Waals surface area contributed by atoms with Gasteiger partial charge in [0.25, 0.3) is 6.43 Å². The Morgan fingerprint density at radius 2 is 2.12 bits per heavy atom. The van der Waals surface area contributed by atoms with Crippen molar-refractivity contribution in [3.63, 3.8) is 0 Å². The van der Waals surface area contributed by atoms with E-state index in [1.54, 1.807) is 23.6 Å². The summed E-state index contributed by atoms with van der Waals surface area (Å²) in [7, 11) is 0. The Balaban J connectivity index is 1.17. The lowest BCUT2D eigenvalue weighted by Crippen LogP contribution is -2.39. The van der Waals surface area contributed by atoms with Crippen molar-refractivity contribution in [2.24, 2.45) is 5.92 Å². The van der Waals surface area contributed by atoms with E-state index < -0.39 is 13.0 Å². The van der Waals surface area contributed by atoms with E-state index in [1.165, 1.54) is 5.56 Å². The molecule has 1 N–H and O–H groups in total. The first kappa shape index (κ1) is 24.0. The molecule has 2 aromatic heterocycles. The predicted molar refractivity (Wildman–Crippen MR) is 124 cm³/mol. The summed E-state index contributed by atoms with van der Waals surface area (Å²) < 4.78 is 29.9. The molecule has 0 atom stereocenters. The fourth-order valence-corrected chi connectivity index (χ4v) is 5.54. The summed E-state index contributed by atoms with van der Waals surface area (Å²) in [5.74, 6) is 1.05. The van der Waals surface area contributed by atoms with E-state index in [1.807, 2.05) is 13.0 Å². The van der Waals surface area contributed by atoms with Crippen LogP contribution in [0.3, 0.4) is 0 Å². The SMILES string of the molecule is Cc1ncc(CC(=O)NC2CCC(CCN3CCc4ccc(OCC(F)F)nc4C3)CC2)s1. The van der Waals surface area contributed by atoms with Gasteiger partial charge in [-0.25, -0.2) is 18.7 Å². The summed E-state index contributed by atoms with van der Waals surface area (Å²) in [6.45, 7) is 4.08. The average Bonchev–Trinajstić information content (AvgIpc) is 3.21. The molecule has 0 bridgehead atoms. The highest BCUT2D eigenvalue weighted by atomic mass is 32.1. The number of nitrogens with one attached hydrogen (secondary N) is 1. The normalized spacial score (nSPS) is 21.1. The minimum Gasteiger partial charge on any atom is -0.472 e. The topological polar surface area (TPSA) is 67.4 Å². The van der Waals surface area contributed by atoms with Crippen LogP contribution in [-0.2, 0) is 24.2 Å². The van der Waals surface area contributed by atoms with Gasteiger partial charge in [0.2, 0.25) is 11.8 Å². The molecule has 1 saturated carbocycles. The zero-order valence-corrected chi connectivity index (χ0v) is 19.9. The molecule has 0 radical (unpaired) electrons. The molecule has 1 aliphatic heterocycles. The number of aryl methyl sites for hydroxylation is 1. The molecule has 6 nitrogen and oxygen atoms in total. The zero-order valence-electron chi connectivity index (χ0n) is 19.1. The number of hydrogen-bond acceptors (Lipinski definition) is 6. The van der Waals surface area contributed by atoms with Gasteiger partial charge in [-0.3, -0.25) is 9.69 Å². The van der Waals surface area contributed by atoms with Crippen molar-refractivity contribution in [1.29, 1.82) is 0 Å². The van der Waals surface area contributed by atoms with Gasteiger partial charge in [-0.05, 0) is 63.5 Å². The van der Waals surface area contributed by atoms with Gasteiger partial charge in [0.15, 0.2) is 6.61 Å². The van der Waals surface area contributed by atoms with E-state index in [0.717, 1.165) is 73.7 Å². The molecule has 0 saturated heterocycles. The van der Waals surface area contributed by atoms with Gasteiger partial charge < -0.3 is 10.1 Å². The Morgan fingerprint density at radius 3 is 2.85 bits per heavy atom. The van der Waals surface area contributed by atoms with Crippen molar-refractivity contribution in [3.8, 4) is 5.88 Å². The Kier molecular flexibility index (Phi) is 8.25. The maximum Gasteiger partial charge on any atom is 0.272 e. The molecule has 9 heteroatoms. The van der Waals surface area contributed by atoms with Crippen molar-refractivity contribution in [3.05, 3.63) is 39.5 Å². The van der Waals surface area contributed by atoms with Gasteiger partial charge >= 0.3 is 0 Å². The van der Waals surface area contributed by atoms with Crippen LogP contribution in [0.2, 0.25) is 0 Å². The van der Waals surface area contributed by atoms with Crippen LogP contribution >= 0.6 is 11.3 Å². The minimum absolute atomic E-state index is 0.0958. The van der Waals surface area contributed by atoms with Crippen molar-refractivity contribution in [2.75, 3.05) is 19.7 Å².